The highest BCUT2D eigenvalue weighted by Crippen LogP contribution is 2.30. The number of aliphatic imine (C=N–C) groups is 1. The highest BCUT2D eigenvalue weighted by atomic mass is 32.2. The van der Waals surface area contributed by atoms with Crippen molar-refractivity contribution in [1.82, 2.24) is 0 Å². The third-order valence-electron chi connectivity index (χ3n) is 4.26. The molecule has 1 aromatic rings. The predicted octanol–water partition coefficient (Wildman–Crippen LogP) is 4.10. The van der Waals surface area contributed by atoms with Crippen LogP contribution < -0.4 is 5.32 Å². The van der Waals surface area contributed by atoms with Gasteiger partial charge in [-0.3, -0.25) is 4.99 Å². The molecule has 1 aromatic carbocycles. The molecule has 0 radical (unpaired) electrons. The summed E-state index contributed by atoms with van der Waals surface area (Å²) in [5.74, 6) is 1.85. The van der Waals surface area contributed by atoms with Crippen LogP contribution in [0.4, 0.5) is 5.69 Å². The average Bonchev–Trinajstić information content (AvgIpc) is 2.43. The Hall–Kier alpha value is -0.960. The molecule has 0 saturated carbocycles. The fourth-order valence-corrected chi connectivity index (χ4v) is 3.90. The van der Waals surface area contributed by atoms with Gasteiger partial charge in [-0.25, -0.2) is 0 Å². The molecule has 3 rings (SSSR count). The fraction of sp³-hybridized carbons (Fsp3) is 0.562. The minimum atomic E-state index is 0.434. The number of rotatable bonds is 1. The lowest BCUT2D eigenvalue weighted by atomic mass is 9.90. The van der Waals surface area contributed by atoms with Crippen LogP contribution in [0.1, 0.15) is 37.8 Å². The minimum Gasteiger partial charge on any atom is -0.335 e. The normalized spacial score (nSPS) is 26.5. The Bertz CT molecular complexity index is 496. The summed E-state index contributed by atoms with van der Waals surface area (Å²) >= 11 is 1.86. The number of aryl methyl sites for hydroxylation is 1. The molecule has 2 unspecified atom stereocenters. The van der Waals surface area contributed by atoms with Crippen molar-refractivity contribution in [2.75, 3.05) is 11.1 Å². The maximum Gasteiger partial charge on any atom is 0.161 e. The van der Waals surface area contributed by atoms with E-state index in [2.05, 4.69) is 37.4 Å². The molecule has 2 aliphatic rings. The van der Waals surface area contributed by atoms with E-state index in [4.69, 9.17) is 4.99 Å². The smallest absolute Gasteiger partial charge is 0.161 e. The Labute approximate surface area is 120 Å². The van der Waals surface area contributed by atoms with Gasteiger partial charge in [-0.1, -0.05) is 30.8 Å². The molecule has 1 aliphatic heterocycles. The Balaban J connectivity index is 1.82. The molecule has 0 saturated heterocycles. The molecule has 2 nitrogen and oxygen atoms in total. The zero-order chi connectivity index (χ0) is 13.2. The Morgan fingerprint density at radius 3 is 2.89 bits per heavy atom. The molecule has 19 heavy (non-hydrogen) atoms. The van der Waals surface area contributed by atoms with Crippen LogP contribution >= 0.6 is 11.8 Å². The quantitative estimate of drug-likeness (QED) is 0.833. The van der Waals surface area contributed by atoms with E-state index >= 15 is 0 Å². The maximum absolute atomic E-state index is 4.78. The number of nitrogens with one attached hydrogen (secondary N) is 1. The van der Waals surface area contributed by atoms with E-state index in [0.29, 0.717) is 12.0 Å². The molecule has 0 fully saturated rings. The molecular formula is C16H22N2S. The van der Waals surface area contributed by atoms with Crippen molar-refractivity contribution in [3.63, 3.8) is 0 Å². The second kappa shape index (κ2) is 5.58. The fourth-order valence-electron chi connectivity index (χ4n) is 2.78. The van der Waals surface area contributed by atoms with Gasteiger partial charge in [0.05, 0.1) is 6.04 Å². The third kappa shape index (κ3) is 2.81. The van der Waals surface area contributed by atoms with Crippen LogP contribution in [-0.2, 0) is 12.8 Å². The SMILES string of the molecule is CC1CSC(Nc2cccc3c2CCCC3)=NC1C. The van der Waals surface area contributed by atoms with Gasteiger partial charge in [0, 0.05) is 11.4 Å². The van der Waals surface area contributed by atoms with E-state index in [1.807, 2.05) is 11.8 Å². The van der Waals surface area contributed by atoms with E-state index in [1.54, 1.807) is 0 Å². The number of fused-ring (bicyclic) bond motifs is 1. The molecule has 2 atom stereocenters. The summed E-state index contributed by atoms with van der Waals surface area (Å²) in [6, 6.07) is 7.09. The lowest BCUT2D eigenvalue weighted by Gasteiger charge is -2.25. The summed E-state index contributed by atoms with van der Waals surface area (Å²) in [5, 5.41) is 4.67. The number of thioether (sulfide) groups is 1. The molecule has 1 N–H and O–H groups in total. The lowest BCUT2D eigenvalue weighted by Crippen LogP contribution is -2.25. The van der Waals surface area contributed by atoms with E-state index in [1.165, 1.54) is 48.3 Å². The standard InChI is InChI=1S/C16H22N2S/c1-11-10-19-16(17-12(11)2)18-15-9-5-7-13-6-3-4-8-14(13)15/h5,7,9,11-12H,3-4,6,8,10H2,1-2H3,(H,17,18). The summed E-state index contributed by atoms with van der Waals surface area (Å²) in [4.78, 5) is 4.78. The van der Waals surface area contributed by atoms with Crippen LogP contribution in [0, 0.1) is 5.92 Å². The number of hydrogen-bond donors (Lipinski definition) is 1. The first kappa shape index (κ1) is 13.0. The Morgan fingerprint density at radius 1 is 1.21 bits per heavy atom. The second-order valence-electron chi connectivity index (χ2n) is 5.74. The van der Waals surface area contributed by atoms with Gasteiger partial charge in [-0.15, -0.1) is 0 Å². The van der Waals surface area contributed by atoms with Crippen LogP contribution in [0.5, 0.6) is 0 Å². The van der Waals surface area contributed by atoms with Crippen molar-refractivity contribution in [1.29, 1.82) is 0 Å². The number of anilines is 1. The molecule has 3 heteroatoms. The van der Waals surface area contributed by atoms with E-state index < -0.39 is 0 Å². The topological polar surface area (TPSA) is 24.4 Å². The van der Waals surface area contributed by atoms with Crippen molar-refractivity contribution in [3.05, 3.63) is 29.3 Å². The van der Waals surface area contributed by atoms with Crippen molar-refractivity contribution < 1.29 is 0 Å². The van der Waals surface area contributed by atoms with Gasteiger partial charge in [0.15, 0.2) is 5.17 Å². The summed E-state index contributed by atoms with van der Waals surface area (Å²) in [6.07, 6.45) is 5.10. The van der Waals surface area contributed by atoms with Crippen LogP contribution in [0.3, 0.4) is 0 Å². The zero-order valence-electron chi connectivity index (χ0n) is 11.8. The van der Waals surface area contributed by atoms with Gasteiger partial charge in [0.2, 0.25) is 0 Å². The second-order valence-corrected chi connectivity index (χ2v) is 6.75. The summed E-state index contributed by atoms with van der Waals surface area (Å²) < 4.78 is 0. The maximum atomic E-state index is 4.78. The number of benzene rings is 1. The Morgan fingerprint density at radius 2 is 2.05 bits per heavy atom. The molecule has 1 heterocycles. The van der Waals surface area contributed by atoms with Crippen LogP contribution in [0.2, 0.25) is 0 Å². The molecule has 0 spiro atoms. The monoisotopic (exact) mass is 274 g/mol. The number of hydrogen-bond acceptors (Lipinski definition) is 3. The van der Waals surface area contributed by atoms with Crippen LogP contribution in [0.25, 0.3) is 0 Å². The molecule has 0 bridgehead atoms. The van der Waals surface area contributed by atoms with Crippen molar-refractivity contribution >= 4 is 22.6 Å². The van der Waals surface area contributed by atoms with Crippen molar-refractivity contribution in [3.8, 4) is 0 Å². The summed E-state index contributed by atoms with van der Waals surface area (Å²) in [6.45, 7) is 4.49. The highest BCUT2D eigenvalue weighted by Gasteiger charge is 2.20. The molecule has 0 aromatic heterocycles. The van der Waals surface area contributed by atoms with Gasteiger partial charge in [0.25, 0.3) is 0 Å². The zero-order valence-corrected chi connectivity index (χ0v) is 12.6. The third-order valence-corrected chi connectivity index (χ3v) is 5.44. The number of amidine groups is 1. The van der Waals surface area contributed by atoms with Crippen LogP contribution in [-0.4, -0.2) is 17.0 Å². The van der Waals surface area contributed by atoms with Gasteiger partial charge >= 0.3 is 0 Å². The van der Waals surface area contributed by atoms with Gasteiger partial charge in [-0.2, -0.15) is 0 Å². The minimum absolute atomic E-state index is 0.434. The molecule has 102 valence electrons. The number of nitrogens with zero attached hydrogens (tertiary/aromatic N) is 1. The highest BCUT2D eigenvalue weighted by molar-refractivity contribution is 8.14. The summed E-state index contributed by atoms with van der Waals surface area (Å²) in [7, 11) is 0. The van der Waals surface area contributed by atoms with Gasteiger partial charge in [-0.05, 0) is 55.7 Å². The molecule has 0 amide bonds. The molecular weight excluding hydrogens is 252 g/mol. The first-order chi connectivity index (χ1) is 9.24. The molecule has 1 aliphatic carbocycles. The first-order valence-corrected chi connectivity index (χ1v) is 8.31. The van der Waals surface area contributed by atoms with E-state index in [9.17, 15) is 0 Å². The van der Waals surface area contributed by atoms with E-state index in [-0.39, 0.29) is 0 Å². The van der Waals surface area contributed by atoms with Crippen molar-refractivity contribution in [2.45, 2.75) is 45.6 Å². The van der Waals surface area contributed by atoms with Gasteiger partial charge in [0.1, 0.15) is 0 Å². The lowest BCUT2D eigenvalue weighted by molar-refractivity contribution is 0.537. The predicted molar refractivity (Wildman–Crippen MR) is 85.2 cm³/mol. The first-order valence-electron chi connectivity index (χ1n) is 7.32. The van der Waals surface area contributed by atoms with Gasteiger partial charge < -0.3 is 5.32 Å². The van der Waals surface area contributed by atoms with E-state index in [0.717, 1.165) is 5.17 Å². The van der Waals surface area contributed by atoms with Crippen molar-refractivity contribution in [2.24, 2.45) is 10.9 Å². The van der Waals surface area contributed by atoms with Crippen LogP contribution in [0.15, 0.2) is 23.2 Å². The summed E-state index contributed by atoms with van der Waals surface area (Å²) in [5.41, 5.74) is 4.33. The average molecular weight is 274 g/mol. The Kier molecular flexibility index (Phi) is 3.83. The largest absolute Gasteiger partial charge is 0.335 e.